The SMILES string of the molecule is CC1=CC2C(CC(c3ccccc3)=NN2c2ccc([N+](=O)[O-])cc2[N+](=O)[O-])O1. The van der Waals surface area contributed by atoms with Crippen LogP contribution < -0.4 is 5.01 Å². The minimum atomic E-state index is -0.656. The molecule has 0 N–H and O–H groups in total. The Morgan fingerprint density at radius 2 is 1.86 bits per heavy atom. The van der Waals surface area contributed by atoms with Crippen LogP contribution in [-0.4, -0.2) is 27.7 Å². The second-order valence-electron chi connectivity index (χ2n) is 6.57. The van der Waals surface area contributed by atoms with Crippen molar-refractivity contribution in [2.75, 3.05) is 5.01 Å². The number of nitro benzene ring substituents is 2. The number of benzene rings is 2. The summed E-state index contributed by atoms with van der Waals surface area (Å²) in [6.45, 7) is 1.82. The van der Waals surface area contributed by atoms with E-state index in [4.69, 9.17) is 4.74 Å². The molecule has 0 saturated carbocycles. The quantitative estimate of drug-likeness (QED) is 0.589. The molecular formula is C19H16N4O5. The van der Waals surface area contributed by atoms with E-state index in [1.807, 2.05) is 43.3 Å². The Morgan fingerprint density at radius 3 is 2.54 bits per heavy atom. The van der Waals surface area contributed by atoms with Crippen molar-refractivity contribution in [2.45, 2.75) is 25.5 Å². The largest absolute Gasteiger partial charge is 0.492 e. The smallest absolute Gasteiger partial charge is 0.301 e. The van der Waals surface area contributed by atoms with Crippen LogP contribution in [0.2, 0.25) is 0 Å². The minimum absolute atomic E-state index is 0.188. The maximum absolute atomic E-state index is 11.6. The van der Waals surface area contributed by atoms with Crippen LogP contribution in [0.3, 0.4) is 0 Å². The maximum Gasteiger partial charge on any atom is 0.301 e. The third kappa shape index (κ3) is 3.07. The molecule has 4 rings (SSSR count). The van der Waals surface area contributed by atoms with Gasteiger partial charge in [0, 0.05) is 12.5 Å². The fourth-order valence-corrected chi connectivity index (χ4v) is 3.50. The number of fused-ring (bicyclic) bond motifs is 1. The third-order valence-electron chi connectivity index (χ3n) is 4.75. The number of nitrogens with zero attached hydrogens (tertiary/aromatic N) is 4. The molecule has 2 aromatic rings. The first kappa shape index (κ1) is 17.7. The molecule has 0 aliphatic carbocycles. The molecule has 2 unspecified atom stereocenters. The van der Waals surface area contributed by atoms with Crippen LogP contribution in [0.15, 0.2) is 65.5 Å². The third-order valence-corrected chi connectivity index (χ3v) is 4.75. The van der Waals surface area contributed by atoms with Gasteiger partial charge < -0.3 is 4.74 Å². The maximum atomic E-state index is 11.6. The van der Waals surface area contributed by atoms with Gasteiger partial charge in [0.05, 0.1) is 27.4 Å². The first-order valence-electron chi connectivity index (χ1n) is 8.64. The molecule has 142 valence electrons. The molecule has 2 aliphatic rings. The van der Waals surface area contributed by atoms with Gasteiger partial charge in [-0.15, -0.1) is 0 Å². The number of hydrazone groups is 1. The van der Waals surface area contributed by atoms with E-state index in [0.29, 0.717) is 12.2 Å². The summed E-state index contributed by atoms with van der Waals surface area (Å²) in [6, 6.07) is 12.8. The van der Waals surface area contributed by atoms with Gasteiger partial charge in [-0.2, -0.15) is 5.10 Å². The van der Waals surface area contributed by atoms with Gasteiger partial charge in [-0.25, -0.2) is 5.01 Å². The molecule has 28 heavy (non-hydrogen) atoms. The Kier molecular flexibility index (Phi) is 4.26. The molecular weight excluding hydrogens is 364 g/mol. The highest BCUT2D eigenvalue weighted by Crippen LogP contribution is 2.39. The van der Waals surface area contributed by atoms with E-state index in [-0.39, 0.29) is 29.2 Å². The summed E-state index contributed by atoms with van der Waals surface area (Å²) in [6.07, 6.45) is 2.17. The van der Waals surface area contributed by atoms with Gasteiger partial charge in [0.25, 0.3) is 5.69 Å². The molecule has 2 atom stereocenters. The molecule has 2 heterocycles. The lowest BCUT2D eigenvalue weighted by Gasteiger charge is -2.34. The van der Waals surface area contributed by atoms with Crippen molar-refractivity contribution >= 4 is 22.8 Å². The van der Waals surface area contributed by atoms with Crippen molar-refractivity contribution in [3.8, 4) is 0 Å². The van der Waals surface area contributed by atoms with Gasteiger partial charge >= 0.3 is 5.69 Å². The van der Waals surface area contributed by atoms with Crippen LogP contribution in [0.1, 0.15) is 18.9 Å². The Labute approximate surface area is 159 Å². The van der Waals surface area contributed by atoms with Gasteiger partial charge in [0.2, 0.25) is 0 Å². The zero-order valence-electron chi connectivity index (χ0n) is 14.9. The summed E-state index contributed by atoms with van der Waals surface area (Å²) in [7, 11) is 0. The summed E-state index contributed by atoms with van der Waals surface area (Å²) >= 11 is 0. The number of non-ortho nitro benzene ring substituents is 1. The Morgan fingerprint density at radius 1 is 1.11 bits per heavy atom. The highest BCUT2D eigenvalue weighted by Gasteiger charge is 2.40. The van der Waals surface area contributed by atoms with E-state index in [9.17, 15) is 20.2 Å². The van der Waals surface area contributed by atoms with Crippen molar-refractivity contribution in [3.63, 3.8) is 0 Å². The number of anilines is 1. The van der Waals surface area contributed by atoms with Gasteiger partial charge in [-0.3, -0.25) is 20.2 Å². The summed E-state index contributed by atoms with van der Waals surface area (Å²) in [5.74, 6) is 0.717. The second kappa shape index (κ2) is 6.76. The first-order valence-corrected chi connectivity index (χ1v) is 8.64. The van der Waals surface area contributed by atoms with Crippen molar-refractivity contribution in [3.05, 3.63) is 86.2 Å². The molecule has 0 saturated heterocycles. The highest BCUT2D eigenvalue weighted by atomic mass is 16.6. The molecule has 0 radical (unpaired) electrons. The Hall–Kier alpha value is -3.75. The van der Waals surface area contributed by atoms with Gasteiger partial charge in [0.15, 0.2) is 0 Å². The number of nitro groups is 2. The predicted molar refractivity (Wildman–Crippen MR) is 102 cm³/mol. The number of ether oxygens (including phenoxy) is 1. The monoisotopic (exact) mass is 380 g/mol. The molecule has 9 heteroatoms. The van der Waals surface area contributed by atoms with Gasteiger partial charge in [0.1, 0.15) is 17.8 Å². The molecule has 9 nitrogen and oxygen atoms in total. The second-order valence-corrected chi connectivity index (χ2v) is 6.57. The van der Waals surface area contributed by atoms with Crippen molar-refractivity contribution in [1.29, 1.82) is 0 Å². The summed E-state index contributed by atoms with van der Waals surface area (Å²) in [4.78, 5) is 21.4. The van der Waals surface area contributed by atoms with Gasteiger partial charge in [-0.05, 0) is 24.6 Å². The molecule has 2 aromatic carbocycles. The first-order chi connectivity index (χ1) is 13.4. The van der Waals surface area contributed by atoms with Crippen LogP contribution in [0.4, 0.5) is 17.1 Å². The molecule has 2 aliphatic heterocycles. The van der Waals surface area contributed by atoms with Crippen molar-refractivity contribution in [1.82, 2.24) is 0 Å². The molecule has 0 fully saturated rings. The minimum Gasteiger partial charge on any atom is -0.492 e. The van der Waals surface area contributed by atoms with E-state index in [2.05, 4.69) is 5.10 Å². The van der Waals surface area contributed by atoms with Crippen LogP contribution in [0.5, 0.6) is 0 Å². The van der Waals surface area contributed by atoms with E-state index in [0.717, 1.165) is 17.3 Å². The average molecular weight is 380 g/mol. The van der Waals surface area contributed by atoms with E-state index in [1.54, 1.807) is 0 Å². The summed E-state index contributed by atoms with van der Waals surface area (Å²) in [5.41, 5.74) is 1.10. The van der Waals surface area contributed by atoms with E-state index >= 15 is 0 Å². The van der Waals surface area contributed by atoms with Crippen molar-refractivity contribution < 1.29 is 14.6 Å². The predicted octanol–water partition coefficient (Wildman–Crippen LogP) is 3.79. The van der Waals surface area contributed by atoms with E-state index in [1.165, 1.54) is 17.1 Å². The topological polar surface area (TPSA) is 111 Å². The lowest BCUT2D eigenvalue weighted by molar-refractivity contribution is -0.393. The summed E-state index contributed by atoms with van der Waals surface area (Å²) in [5, 5.41) is 28.9. The number of hydrogen-bond donors (Lipinski definition) is 0. The summed E-state index contributed by atoms with van der Waals surface area (Å²) < 4.78 is 5.89. The fraction of sp³-hybridized carbons (Fsp3) is 0.211. The van der Waals surface area contributed by atoms with E-state index < -0.39 is 9.85 Å². The zero-order valence-corrected chi connectivity index (χ0v) is 14.9. The normalized spacial score (nSPS) is 20.7. The number of hydrogen-bond acceptors (Lipinski definition) is 7. The highest BCUT2D eigenvalue weighted by molar-refractivity contribution is 6.02. The Bertz CT molecular complexity index is 1020. The molecule has 0 amide bonds. The van der Waals surface area contributed by atoms with Crippen LogP contribution in [0, 0.1) is 20.2 Å². The van der Waals surface area contributed by atoms with Gasteiger partial charge in [-0.1, -0.05) is 30.3 Å². The Balaban J connectivity index is 1.85. The number of rotatable bonds is 4. The van der Waals surface area contributed by atoms with Crippen LogP contribution in [-0.2, 0) is 4.74 Å². The zero-order chi connectivity index (χ0) is 19.8. The lowest BCUT2D eigenvalue weighted by atomic mass is 9.98. The van der Waals surface area contributed by atoms with Crippen molar-refractivity contribution in [2.24, 2.45) is 5.10 Å². The molecule has 0 spiro atoms. The van der Waals surface area contributed by atoms with Crippen LogP contribution in [0.25, 0.3) is 0 Å². The molecule has 0 bridgehead atoms. The standard InChI is InChI=1S/C19H16N4O5/c1-12-9-18-19(28-12)11-15(13-5-3-2-4-6-13)20-21(18)16-8-7-14(22(24)25)10-17(16)23(26)27/h2-10,18-19H,11H2,1H3. The van der Waals surface area contributed by atoms with Crippen LogP contribution >= 0.6 is 0 Å². The lowest BCUT2D eigenvalue weighted by Crippen LogP contribution is -2.44. The molecule has 0 aromatic heterocycles. The average Bonchev–Trinajstić information content (AvgIpc) is 3.07. The number of allylic oxidation sites excluding steroid dienone is 1. The fourth-order valence-electron chi connectivity index (χ4n) is 3.50.